The van der Waals surface area contributed by atoms with Crippen molar-refractivity contribution in [3.63, 3.8) is 0 Å². The van der Waals surface area contributed by atoms with Gasteiger partial charge in [-0.25, -0.2) is 0 Å². The summed E-state index contributed by atoms with van der Waals surface area (Å²) >= 11 is 5.58. The Labute approximate surface area is 99.1 Å². The van der Waals surface area contributed by atoms with Crippen LogP contribution < -0.4 is 10.1 Å². The maximum absolute atomic E-state index is 11.1. The number of halogens is 1. The largest absolute Gasteiger partial charge is 0.482 e. The number of hydrogen-bond donors (Lipinski definition) is 1. The highest BCUT2D eigenvalue weighted by Crippen LogP contribution is 2.28. The van der Waals surface area contributed by atoms with Crippen molar-refractivity contribution in [1.82, 2.24) is 0 Å². The predicted molar refractivity (Wildman–Crippen MR) is 64.9 cm³/mol. The second-order valence-corrected chi connectivity index (χ2v) is 3.85. The standard InChI is InChI=1S/C12H12ClNO2/c13-6-2-1-3-9-4-5-10-11(7-9)16-8-12(15)14-10/h1,3-5,7H,2,6,8H2,(H,14,15). The number of rotatable bonds is 3. The summed E-state index contributed by atoms with van der Waals surface area (Å²) in [6.45, 7) is 0.0852. The van der Waals surface area contributed by atoms with Gasteiger partial charge >= 0.3 is 0 Å². The molecular formula is C12H12ClNO2. The molecule has 0 saturated carbocycles. The average molecular weight is 238 g/mol. The first-order chi connectivity index (χ1) is 7.79. The molecule has 0 unspecified atom stereocenters. The number of hydrogen-bond acceptors (Lipinski definition) is 2. The number of anilines is 1. The number of carbonyl (C=O) groups excluding carboxylic acids is 1. The third-order valence-electron chi connectivity index (χ3n) is 2.22. The van der Waals surface area contributed by atoms with Crippen LogP contribution in [-0.4, -0.2) is 18.4 Å². The summed E-state index contributed by atoms with van der Waals surface area (Å²) in [5, 5.41) is 2.75. The first kappa shape index (κ1) is 11.0. The molecule has 1 amide bonds. The van der Waals surface area contributed by atoms with Crippen LogP contribution in [0.25, 0.3) is 6.08 Å². The fourth-order valence-electron chi connectivity index (χ4n) is 1.48. The normalized spacial score (nSPS) is 14.4. The molecule has 1 N–H and O–H groups in total. The van der Waals surface area contributed by atoms with Crippen LogP contribution in [0.2, 0.25) is 0 Å². The fraction of sp³-hybridized carbons (Fsp3) is 0.250. The number of carbonyl (C=O) groups is 1. The van der Waals surface area contributed by atoms with Gasteiger partial charge in [-0.3, -0.25) is 4.79 Å². The van der Waals surface area contributed by atoms with Gasteiger partial charge in [0.2, 0.25) is 0 Å². The molecule has 2 rings (SSSR count). The van der Waals surface area contributed by atoms with E-state index in [9.17, 15) is 4.79 Å². The van der Waals surface area contributed by atoms with E-state index in [1.54, 1.807) is 0 Å². The Kier molecular flexibility index (Phi) is 3.47. The van der Waals surface area contributed by atoms with Crippen molar-refractivity contribution < 1.29 is 9.53 Å². The summed E-state index contributed by atoms with van der Waals surface area (Å²) < 4.78 is 5.31. The Hall–Kier alpha value is -1.48. The highest BCUT2D eigenvalue weighted by Gasteiger charge is 2.15. The number of ether oxygens (including phenoxy) is 1. The van der Waals surface area contributed by atoms with Gasteiger partial charge in [-0.1, -0.05) is 18.2 Å². The summed E-state index contributed by atoms with van der Waals surface area (Å²) in [5.41, 5.74) is 1.77. The third-order valence-corrected chi connectivity index (χ3v) is 2.44. The Balaban J connectivity index is 2.16. The molecule has 4 heteroatoms. The van der Waals surface area contributed by atoms with Crippen molar-refractivity contribution >= 4 is 29.3 Å². The van der Waals surface area contributed by atoms with Crippen LogP contribution in [0.4, 0.5) is 5.69 Å². The summed E-state index contributed by atoms with van der Waals surface area (Å²) in [4.78, 5) is 11.1. The molecule has 0 aliphatic carbocycles. The zero-order valence-electron chi connectivity index (χ0n) is 8.70. The molecule has 0 fully saturated rings. The maximum atomic E-state index is 11.1. The molecule has 84 valence electrons. The summed E-state index contributed by atoms with van der Waals surface area (Å²) in [7, 11) is 0. The van der Waals surface area contributed by atoms with Crippen molar-refractivity contribution in [1.29, 1.82) is 0 Å². The lowest BCUT2D eigenvalue weighted by Gasteiger charge is -2.17. The van der Waals surface area contributed by atoms with Crippen LogP contribution in [0.1, 0.15) is 12.0 Å². The molecule has 1 aliphatic rings. The molecule has 1 aromatic carbocycles. The summed E-state index contributed by atoms with van der Waals surface area (Å²) in [6.07, 6.45) is 4.84. The van der Waals surface area contributed by atoms with Crippen LogP contribution in [0.3, 0.4) is 0 Å². The van der Waals surface area contributed by atoms with Gasteiger partial charge in [0.05, 0.1) is 5.69 Å². The van der Waals surface area contributed by atoms with Gasteiger partial charge in [-0.2, -0.15) is 0 Å². The lowest BCUT2D eigenvalue weighted by atomic mass is 10.1. The molecule has 16 heavy (non-hydrogen) atoms. The van der Waals surface area contributed by atoms with Crippen LogP contribution in [0.15, 0.2) is 24.3 Å². The third kappa shape index (κ3) is 2.55. The maximum Gasteiger partial charge on any atom is 0.262 e. The number of allylic oxidation sites excluding steroid dienone is 1. The summed E-state index contributed by atoms with van der Waals surface area (Å²) in [6, 6.07) is 5.67. The van der Waals surface area contributed by atoms with Gasteiger partial charge in [0.25, 0.3) is 5.91 Å². The SMILES string of the molecule is O=C1COc2cc(C=CCCCl)ccc2N1. The van der Waals surface area contributed by atoms with Crippen molar-refractivity contribution in [3.05, 3.63) is 29.8 Å². The van der Waals surface area contributed by atoms with Crippen molar-refractivity contribution in [3.8, 4) is 5.75 Å². The molecule has 0 aromatic heterocycles. The van der Waals surface area contributed by atoms with Gasteiger partial charge in [0, 0.05) is 5.88 Å². The molecule has 0 bridgehead atoms. The van der Waals surface area contributed by atoms with E-state index in [1.807, 2.05) is 30.4 Å². The molecule has 0 saturated heterocycles. The van der Waals surface area contributed by atoms with E-state index in [0.717, 1.165) is 17.7 Å². The summed E-state index contributed by atoms with van der Waals surface area (Å²) in [5.74, 6) is 1.22. The van der Waals surface area contributed by atoms with E-state index < -0.39 is 0 Å². The molecule has 1 heterocycles. The Morgan fingerprint density at radius 3 is 3.19 bits per heavy atom. The highest BCUT2D eigenvalue weighted by molar-refractivity contribution is 6.17. The quantitative estimate of drug-likeness (QED) is 0.821. The van der Waals surface area contributed by atoms with E-state index in [2.05, 4.69) is 5.32 Å². The zero-order valence-corrected chi connectivity index (χ0v) is 9.46. The second kappa shape index (κ2) is 5.03. The number of amides is 1. The van der Waals surface area contributed by atoms with Crippen molar-refractivity contribution in [2.24, 2.45) is 0 Å². The second-order valence-electron chi connectivity index (χ2n) is 3.47. The zero-order chi connectivity index (χ0) is 11.4. The van der Waals surface area contributed by atoms with Gasteiger partial charge in [0.1, 0.15) is 5.75 Å². The average Bonchev–Trinajstić information content (AvgIpc) is 2.29. The molecule has 0 spiro atoms. The molecule has 3 nitrogen and oxygen atoms in total. The molecule has 1 aliphatic heterocycles. The van der Waals surface area contributed by atoms with Crippen LogP contribution >= 0.6 is 11.6 Å². The van der Waals surface area contributed by atoms with Crippen molar-refractivity contribution in [2.75, 3.05) is 17.8 Å². The van der Waals surface area contributed by atoms with Gasteiger partial charge in [0.15, 0.2) is 6.61 Å². The fourth-order valence-corrected chi connectivity index (χ4v) is 1.60. The first-order valence-corrected chi connectivity index (χ1v) is 5.62. The van der Waals surface area contributed by atoms with Gasteiger partial charge < -0.3 is 10.1 Å². The Morgan fingerprint density at radius 1 is 1.50 bits per heavy atom. The number of fused-ring (bicyclic) bond motifs is 1. The van der Waals surface area contributed by atoms with E-state index >= 15 is 0 Å². The Bertz CT molecular complexity index is 429. The lowest BCUT2D eigenvalue weighted by molar-refractivity contribution is -0.118. The van der Waals surface area contributed by atoms with E-state index in [1.165, 1.54) is 0 Å². The highest BCUT2D eigenvalue weighted by atomic mass is 35.5. The minimum Gasteiger partial charge on any atom is -0.482 e. The van der Waals surface area contributed by atoms with E-state index in [4.69, 9.17) is 16.3 Å². The number of nitrogens with one attached hydrogen (secondary N) is 1. The number of alkyl halides is 1. The molecular weight excluding hydrogens is 226 g/mol. The molecule has 0 atom stereocenters. The molecule has 1 aromatic rings. The Morgan fingerprint density at radius 2 is 2.38 bits per heavy atom. The van der Waals surface area contributed by atoms with E-state index in [0.29, 0.717) is 11.6 Å². The van der Waals surface area contributed by atoms with Crippen molar-refractivity contribution in [2.45, 2.75) is 6.42 Å². The molecule has 0 radical (unpaired) electrons. The smallest absolute Gasteiger partial charge is 0.262 e. The predicted octanol–water partition coefficient (Wildman–Crippen LogP) is 2.66. The van der Waals surface area contributed by atoms with E-state index in [-0.39, 0.29) is 12.5 Å². The lowest BCUT2D eigenvalue weighted by Crippen LogP contribution is -2.25. The first-order valence-electron chi connectivity index (χ1n) is 5.09. The number of benzene rings is 1. The monoisotopic (exact) mass is 237 g/mol. The van der Waals surface area contributed by atoms with Crippen LogP contribution in [-0.2, 0) is 4.79 Å². The minimum atomic E-state index is -0.113. The van der Waals surface area contributed by atoms with Crippen LogP contribution in [0, 0.1) is 0 Å². The minimum absolute atomic E-state index is 0.0852. The van der Waals surface area contributed by atoms with Crippen LogP contribution in [0.5, 0.6) is 5.75 Å². The topological polar surface area (TPSA) is 38.3 Å². The van der Waals surface area contributed by atoms with Gasteiger partial charge in [-0.15, -0.1) is 11.6 Å². The van der Waals surface area contributed by atoms with Gasteiger partial charge in [-0.05, 0) is 24.1 Å².